The molecular formula is C58H76Cl2SiZr. The first kappa shape index (κ1) is 50.8. The second-order valence-corrected chi connectivity index (χ2v) is 23.5. The summed E-state index contributed by atoms with van der Waals surface area (Å²) in [5.41, 5.74) is 9.59. The van der Waals surface area contributed by atoms with Crippen molar-refractivity contribution in [2.75, 3.05) is 0 Å². The average Bonchev–Trinajstić information content (AvgIpc) is 3.94. The molecule has 2 aliphatic carbocycles. The molecule has 6 aromatic rings. The van der Waals surface area contributed by atoms with E-state index in [2.05, 4.69) is 148 Å². The Morgan fingerprint density at radius 2 is 0.806 bits per heavy atom. The summed E-state index contributed by atoms with van der Waals surface area (Å²) in [6, 6.07) is 45.3. The van der Waals surface area contributed by atoms with Crippen LogP contribution in [0.3, 0.4) is 0 Å². The van der Waals surface area contributed by atoms with Gasteiger partial charge in [0.25, 0.3) is 0 Å². The Balaban J connectivity index is 0.000000208. The van der Waals surface area contributed by atoms with Crippen molar-refractivity contribution >= 4 is 48.1 Å². The molecule has 0 bridgehead atoms. The van der Waals surface area contributed by atoms with Crippen LogP contribution in [-0.2, 0) is 33.7 Å². The molecule has 8 rings (SSSR count). The van der Waals surface area contributed by atoms with Crippen LogP contribution in [0.15, 0.2) is 121 Å². The topological polar surface area (TPSA) is 0 Å². The van der Waals surface area contributed by atoms with Crippen molar-refractivity contribution in [2.24, 2.45) is 10.8 Å². The molecular weight excluding hydrogens is 887 g/mol. The van der Waals surface area contributed by atoms with Crippen LogP contribution in [0, 0.1) is 10.8 Å². The first-order valence-electron chi connectivity index (χ1n) is 24.4. The normalized spacial score (nSPS) is 16.5. The maximum absolute atomic E-state index is 4.93. The Bertz CT molecular complexity index is 1920. The van der Waals surface area contributed by atoms with Gasteiger partial charge in [-0.15, -0.1) is 69.1 Å². The van der Waals surface area contributed by atoms with Crippen molar-refractivity contribution in [1.29, 1.82) is 0 Å². The third kappa shape index (κ3) is 15.5. The second-order valence-electron chi connectivity index (χ2n) is 18.7. The summed E-state index contributed by atoms with van der Waals surface area (Å²) in [6.07, 6.45) is 30.9. The molecule has 0 heterocycles. The van der Waals surface area contributed by atoms with Crippen LogP contribution in [0.2, 0.25) is 13.1 Å². The van der Waals surface area contributed by atoms with Gasteiger partial charge in [0.15, 0.2) is 0 Å². The summed E-state index contributed by atoms with van der Waals surface area (Å²) in [5.74, 6) is 0. The molecule has 0 unspecified atom stereocenters. The zero-order valence-corrected chi connectivity index (χ0v) is 43.8. The van der Waals surface area contributed by atoms with E-state index in [0.29, 0.717) is 10.8 Å². The zero-order chi connectivity index (χ0) is 43.9. The van der Waals surface area contributed by atoms with E-state index in [9.17, 15) is 0 Å². The third-order valence-corrected chi connectivity index (χ3v) is 13.8. The van der Waals surface area contributed by atoms with Crippen LogP contribution in [0.4, 0.5) is 0 Å². The first-order chi connectivity index (χ1) is 30.4. The maximum atomic E-state index is 4.93. The molecule has 330 valence electrons. The Labute approximate surface area is 399 Å². The van der Waals surface area contributed by atoms with E-state index < -0.39 is 20.8 Å². The molecule has 6 aromatic carbocycles. The van der Waals surface area contributed by atoms with Crippen LogP contribution in [0.5, 0.6) is 0 Å². The summed E-state index contributed by atoms with van der Waals surface area (Å²) in [5, 5.41) is 5.67. The predicted octanol–water partition coefficient (Wildman–Crippen LogP) is 19.5. The van der Waals surface area contributed by atoms with Gasteiger partial charge in [0.2, 0.25) is 0 Å². The number of hydrogen-bond donors (Lipinski definition) is 0. The van der Waals surface area contributed by atoms with E-state index in [1.165, 1.54) is 185 Å². The molecule has 0 aromatic heterocycles. The number of hydrogen-bond acceptors (Lipinski definition) is 0. The van der Waals surface area contributed by atoms with Crippen LogP contribution >= 0.6 is 17.0 Å². The molecule has 0 amide bonds. The quantitative estimate of drug-likeness (QED) is 0.0948. The Hall–Kier alpha value is -2.22. The second kappa shape index (κ2) is 28.0. The van der Waals surface area contributed by atoms with Gasteiger partial charge in [0, 0.05) is 9.52 Å². The van der Waals surface area contributed by atoms with E-state index in [4.69, 9.17) is 17.0 Å². The molecule has 2 aliphatic rings. The fraction of sp³-hybridized carbons (Fsp3) is 0.483. The summed E-state index contributed by atoms with van der Waals surface area (Å²) in [4.78, 5) is 0. The van der Waals surface area contributed by atoms with Crippen molar-refractivity contribution < 1.29 is 20.8 Å². The Morgan fingerprint density at radius 1 is 0.484 bits per heavy atom. The molecule has 0 spiro atoms. The number of halogens is 2. The fourth-order valence-corrected chi connectivity index (χ4v) is 11.2. The van der Waals surface area contributed by atoms with Gasteiger partial charge in [-0.25, -0.2) is 0 Å². The third-order valence-electron chi connectivity index (χ3n) is 13.8. The predicted molar refractivity (Wildman–Crippen MR) is 275 cm³/mol. The molecule has 2 radical (unpaired) electrons. The van der Waals surface area contributed by atoms with E-state index in [-0.39, 0.29) is 0 Å². The van der Waals surface area contributed by atoms with Gasteiger partial charge in [0.1, 0.15) is 0 Å². The molecule has 2 fully saturated rings. The van der Waals surface area contributed by atoms with Crippen molar-refractivity contribution in [2.45, 2.75) is 168 Å². The summed E-state index contributed by atoms with van der Waals surface area (Å²) in [7, 11) is 11.0. The van der Waals surface area contributed by atoms with Gasteiger partial charge in [-0.2, -0.15) is 12.1 Å². The molecule has 0 N–H and O–H groups in total. The van der Waals surface area contributed by atoms with Gasteiger partial charge in [0.05, 0.1) is 0 Å². The van der Waals surface area contributed by atoms with Gasteiger partial charge < -0.3 is 0 Å². The van der Waals surface area contributed by atoms with Crippen LogP contribution in [-0.4, -0.2) is 9.52 Å². The SMILES string of the molecule is CCCC1(Cc2cc3c(-c4ccccc4)cccc3[cH-]2)CCCCCCCC1.CCCC1(Cc2cc3c(-c4ccccc4)cccc3[cH-]2)CCCCCCCC1.C[Si]C.[Cl][Zr+2][Cl]. The van der Waals surface area contributed by atoms with Gasteiger partial charge in [-0.3, -0.25) is 0 Å². The van der Waals surface area contributed by atoms with Crippen molar-refractivity contribution in [3.8, 4) is 22.3 Å². The molecule has 2 saturated carbocycles. The molecule has 0 saturated heterocycles. The Morgan fingerprint density at radius 3 is 1.13 bits per heavy atom. The number of fused-ring (bicyclic) bond motifs is 2. The molecule has 4 heteroatoms. The minimum atomic E-state index is -0.826. The van der Waals surface area contributed by atoms with E-state index in [0.717, 1.165) is 9.52 Å². The van der Waals surface area contributed by atoms with Gasteiger partial charge >= 0.3 is 37.9 Å². The van der Waals surface area contributed by atoms with Crippen molar-refractivity contribution in [3.05, 3.63) is 132 Å². The van der Waals surface area contributed by atoms with E-state index >= 15 is 0 Å². The zero-order valence-electron chi connectivity index (χ0n) is 38.9. The van der Waals surface area contributed by atoms with Gasteiger partial charge in [-0.05, 0) is 73.3 Å². The minimum absolute atomic E-state index is 0.524. The standard InChI is InChI=1S/2C28H35.C2H6Si.2ClH.Zr/c2*1-2-17-28(18-10-5-3-4-6-11-19-28)22-23-20-25-15-12-16-26(27(25)21-23)24-13-8-7-9-14-24;1-3-2;;;/h2*7-9,12-16,20-21H,2-6,10-11,17-19,22H2,1H3;1-2H3;2*1H;/q2*-1;;;;+4/p-2. The fourth-order valence-electron chi connectivity index (χ4n) is 11.2. The van der Waals surface area contributed by atoms with Crippen molar-refractivity contribution in [3.63, 3.8) is 0 Å². The monoisotopic (exact) mass is 960 g/mol. The molecule has 0 atom stereocenters. The Kier molecular flexibility index (Phi) is 22.9. The van der Waals surface area contributed by atoms with E-state index in [1.54, 1.807) is 11.1 Å². The van der Waals surface area contributed by atoms with Crippen LogP contribution < -0.4 is 0 Å². The number of benzene rings is 4. The van der Waals surface area contributed by atoms with Crippen LogP contribution in [0.25, 0.3) is 43.8 Å². The van der Waals surface area contributed by atoms with Crippen molar-refractivity contribution in [1.82, 2.24) is 0 Å². The van der Waals surface area contributed by atoms with Gasteiger partial charge in [-0.1, -0.05) is 201 Å². The first-order valence-corrected chi connectivity index (χ1v) is 32.8. The molecule has 62 heavy (non-hydrogen) atoms. The summed E-state index contributed by atoms with van der Waals surface area (Å²) in [6.45, 7) is 9.06. The van der Waals surface area contributed by atoms with Crippen LogP contribution in [0.1, 0.15) is 153 Å². The molecule has 0 aliphatic heterocycles. The summed E-state index contributed by atoms with van der Waals surface area (Å²) >= 11 is -0.826. The number of rotatable bonds is 10. The van der Waals surface area contributed by atoms with E-state index in [1.807, 2.05) is 0 Å². The molecule has 0 nitrogen and oxygen atoms in total. The average molecular weight is 963 g/mol. The summed E-state index contributed by atoms with van der Waals surface area (Å²) < 4.78 is 0.